The van der Waals surface area contributed by atoms with Gasteiger partial charge in [-0.2, -0.15) is 0 Å². The van der Waals surface area contributed by atoms with Crippen molar-refractivity contribution in [2.24, 2.45) is 0 Å². The van der Waals surface area contributed by atoms with Gasteiger partial charge in [0.15, 0.2) is 0 Å². The molecule has 2 N–H and O–H groups in total. The van der Waals surface area contributed by atoms with Crippen LogP contribution in [0, 0.1) is 0 Å². The molecule has 2 heterocycles. The second-order valence-electron chi connectivity index (χ2n) is 5.17. The second kappa shape index (κ2) is 8.21. The van der Waals surface area contributed by atoms with Crippen LogP contribution in [0.25, 0.3) is 11.3 Å². The van der Waals surface area contributed by atoms with E-state index in [0.29, 0.717) is 19.5 Å². The first kappa shape index (κ1) is 16.1. The maximum absolute atomic E-state index is 11.8. The van der Waals surface area contributed by atoms with Crippen LogP contribution in [-0.4, -0.2) is 22.5 Å². The highest BCUT2D eigenvalue weighted by molar-refractivity contribution is 7.09. The van der Waals surface area contributed by atoms with Gasteiger partial charge >= 0.3 is 6.03 Å². The van der Waals surface area contributed by atoms with E-state index in [4.69, 9.17) is 0 Å². The van der Waals surface area contributed by atoms with E-state index in [1.54, 1.807) is 17.5 Å². The lowest BCUT2D eigenvalue weighted by Crippen LogP contribution is -2.36. The Morgan fingerprint density at radius 2 is 1.88 bits per heavy atom. The summed E-state index contributed by atoms with van der Waals surface area (Å²) < 4.78 is 0. The molecule has 0 aliphatic heterocycles. The molecule has 0 fully saturated rings. The van der Waals surface area contributed by atoms with Crippen LogP contribution in [-0.2, 0) is 13.0 Å². The third kappa shape index (κ3) is 4.63. The van der Waals surface area contributed by atoms with Crippen molar-refractivity contribution in [3.63, 3.8) is 0 Å². The Bertz CT molecular complexity index is 774. The summed E-state index contributed by atoms with van der Waals surface area (Å²) in [5.41, 5.74) is 2.98. The molecule has 5 nitrogen and oxygen atoms in total. The van der Waals surface area contributed by atoms with E-state index >= 15 is 0 Å². The first-order chi connectivity index (χ1) is 11.8. The molecule has 0 aliphatic carbocycles. The van der Waals surface area contributed by atoms with Crippen molar-refractivity contribution in [1.29, 1.82) is 0 Å². The number of thiazole rings is 1. The van der Waals surface area contributed by atoms with Crippen molar-refractivity contribution >= 4 is 17.4 Å². The predicted molar refractivity (Wildman–Crippen MR) is 95.7 cm³/mol. The average molecular weight is 338 g/mol. The molecular formula is C18H18N4OS. The molecule has 0 unspecified atom stereocenters. The highest BCUT2D eigenvalue weighted by Gasteiger charge is 2.06. The molecule has 3 aromatic rings. The number of hydrogen-bond donors (Lipinski definition) is 2. The molecule has 0 saturated heterocycles. The highest BCUT2D eigenvalue weighted by Crippen LogP contribution is 2.21. The van der Waals surface area contributed by atoms with E-state index < -0.39 is 0 Å². The summed E-state index contributed by atoms with van der Waals surface area (Å²) in [6.45, 7) is 0.975. The summed E-state index contributed by atoms with van der Waals surface area (Å²) in [7, 11) is 0. The van der Waals surface area contributed by atoms with E-state index in [-0.39, 0.29) is 6.03 Å². The van der Waals surface area contributed by atoms with Crippen LogP contribution in [0.2, 0.25) is 0 Å². The molecule has 1 aromatic carbocycles. The van der Waals surface area contributed by atoms with E-state index in [9.17, 15) is 4.79 Å². The Kier molecular flexibility index (Phi) is 5.52. The van der Waals surface area contributed by atoms with Crippen molar-refractivity contribution in [2.75, 3.05) is 6.54 Å². The number of carbonyl (C=O) groups excluding carboxylic acids is 1. The highest BCUT2D eigenvalue weighted by atomic mass is 32.1. The maximum atomic E-state index is 11.8. The van der Waals surface area contributed by atoms with Crippen molar-refractivity contribution < 1.29 is 4.79 Å². The van der Waals surface area contributed by atoms with Crippen molar-refractivity contribution in [1.82, 2.24) is 20.6 Å². The summed E-state index contributed by atoms with van der Waals surface area (Å²) >= 11 is 1.54. The summed E-state index contributed by atoms with van der Waals surface area (Å²) in [5, 5.41) is 8.54. The Balaban J connectivity index is 1.42. The fourth-order valence-corrected chi connectivity index (χ4v) is 2.95. The molecule has 6 heteroatoms. The van der Waals surface area contributed by atoms with Gasteiger partial charge in [0.2, 0.25) is 0 Å². The minimum absolute atomic E-state index is 0.192. The quantitative estimate of drug-likeness (QED) is 0.725. The Hall–Kier alpha value is -2.73. The van der Waals surface area contributed by atoms with E-state index in [2.05, 4.69) is 20.6 Å². The van der Waals surface area contributed by atoms with Crippen LogP contribution in [0.4, 0.5) is 4.79 Å². The topological polar surface area (TPSA) is 66.9 Å². The monoisotopic (exact) mass is 338 g/mol. The van der Waals surface area contributed by atoms with Gasteiger partial charge in [0.25, 0.3) is 0 Å². The van der Waals surface area contributed by atoms with E-state index in [0.717, 1.165) is 22.0 Å². The number of nitrogens with zero attached hydrogens (tertiary/aromatic N) is 2. The summed E-state index contributed by atoms with van der Waals surface area (Å²) in [6.07, 6.45) is 2.46. The lowest BCUT2D eigenvalue weighted by atomic mass is 10.2. The van der Waals surface area contributed by atoms with Crippen LogP contribution in [0.5, 0.6) is 0 Å². The van der Waals surface area contributed by atoms with Crippen LogP contribution in [0.3, 0.4) is 0 Å². The number of amides is 2. The molecule has 3 rings (SSSR count). The van der Waals surface area contributed by atoms with Crippen molar-refractivity contribution in [3.8, 4) is 11.3 Å². The third-order valence-electron chi connectivity index (χ3n) is 3.41. The minimum atomic E-state index is -0.192. The number of pyridine rings is 1. The summed E-state index contributed by atoms with van der Waals surface area (Å²) in [4.78, 5) is 20.6. The summed E-state index contributed by atoms with van der Waals surface area (Å²) in [5.74, 6) is 0. The maximum Gasteiger partial charge on any atom is 0.315 e. The molecule has 0 bridgehead atoms. The molecule has 0 aliphatic rings. The van der Waals surface area contributed by atoms with Gasteiger partial charge in [-0.1, -0.05) is 36.4 Å². The van der Waals surface area contributed by atoms with Crippen molar-refractivity contribution in [3.05, 3.63) is 70.8 Å². The number of benzene rings is 1. The molecule has 24 heavy (non-hydrogen) atoms. The molecule has 0 radical (unpaired) electrons. The standard InChI is InChI=1S/C18H18N4OS/c23-18(20-11-9-15-8-4-5-10-19-15)21-12-17-22-16(13-24-17)14-6-2-1-3-7-14/h1-8,10,13H,9,11-12H2,(H2,20,21,23). The fraction of sp³-hybridized carbons (Fsp3) is 0.167. The molecular weight excluding hydrogens is 320 g/mol. The smallest absolute Gasteiger partial charge is 0.315 e. The Morgan fingerprint density at radius 3 is 2.67 bits per heavy atom. The number of aromatic nitrogens is 2. The van der Waals surface area contributed by atoms with Crippen LogP contribution in [0.1, 0.15) is 10.7 Å². The zero-order valence-corrected chi connectivity index (χ0v) is 13.9. The fourth-order valence-electron chi connectivity index (χ4n) is 2.20. The van der Waals surface area contributed by atoms with Crippen molar-refractivity contribution in [2.45, 2.75) is 13.0 Å². The first-order valence-electron chi connectivity index (χ1n) is 7.73. The number of carbonyl (C=O) groups is 1. The molecule has 0 atom stereocenters. The van der Waals surface area contributed by atoms with Gasteiger partial charge in [0.05, 0.1) is 12.2 Å². The van der Waals surface area contributed by atoms with E-state index in [1.165, 1.54) is 0 Å². The largest absolute Gasteiger partial charge is 0.338 e. The van der Waals surface area contributed by atoms with Crippen LogP contribution in [0.15, 0.2) is 60.1 Å². The first-order valence-corrected chi connectivity index (χ1v) is 8.60. The predicted octanol–water partition coefficient (Wildman–Crippen LogP) is 3.25. The summed E-state index contributed by atoms with van der Waals surface area (Å²) in [6, 6.07) is 15.6. The Labute approximate surface area is 144 Å². The number of urea groups is 1. The average Bonchev–Trinajstić information content (AvgIpc) is 3.11. The van der Waals surface area contributed by atoms with Gasteiger partial charge in [-0.15, -0.1) is 11.3 Å². The van der Waals surface area contributed by atoms with Crippen LogP contribution >= 0.6 is 11.3 Å². The molecule has 0 saturated carbocycles. The molecule has 2 aromatic heterocycles. The number of hydrogen-bond acceptors (Lipinski definition) is 4. The normalized spacial score (nSPS) is 10.3. The number of rotatable bonds is 6. The molecule has 122 valence electrons. The molecule has 2 amide bonds. The lowest BCUT2D eigenvalue weighted by Gasteiger charge is -2.06. The van der Waals surface area contributed by atoms with Gasteiger partial charge in [-0.25, -0.2) is 9.78 Å². The third-order valence-corrected chi connectivity index (χ3v) is 4.26. The van der Waals surface area contributed by atoms with E-state index in [1.807, 2.05) is 53.9 Å². The molecule has 0 spiro atoms. The zero-order valence-electron chi connectivity index (χ0n) is 13.1. The van der Waals surface area contributed by atoms with Gasteiger partial charge in [0, 0.05) is 35.8 Å². The zero-order chi connectivity index (χ0) is 16.6. The Morgan fingerprint density at radius 1 is 1.04 bits per heavy atom. The van der Waals surface area contributed by atoms with Gasteiger partial charge < -0.3 is 10.6 Å². The minimum Gasteiger partial charge on any atom is -0.338 e. The second-order valence-corrected chi connectivity index (χ2v) is 6.12. The van der Waals surface area contributed by atoms with Gasteiger partial charge in [0.1, 0.15) is 5.01 Å². The van der Waals surface area contributed by atoms with Gasteiger partial charge in [-0.3, -0.25) is 4.98 Å². The lowest BCUT2D eigenvalue weighted by molar-refractivity contribution is 0.240. The van der Waals surface area contributed by atoms with Crippen LogP contribution < -0.4 is 10.6 Å². The van der Waals surface area contributed by atoms with Gasteiger partial charge in [-0.05, 0) is 12.1 Å². The SMILES string of the molecule is O=C(NCCc1ccccn1)NCc1nc(-c2ccccc2)cs1. The number of nitrogens with one attached hydrogen (secondary N) is 2.